The van der Waals surface area contributed by atoms with Crippen LogP contribution in [0.4, 0.5) is 0 Å². The van der Waals surface area contributed by atoms with Crippen LogP contribution in [0.15, 0.2) is 28.7 Å². The van der Waals surface area contributed by atoms with Crippen LogP contribution in [0.1, 0.15) is 24.8 Å². The fourth-order valence-corrected chi connectivity index (χ4v) is 3.81. The molecule has 4 heteroatoms. The van der Waals surface area contributed by atoms with Crippen molar-refractivity contribution in [1.82, 2.24) is 10.2 Å². The van der Waals surface area contributed by atoms with E-state index in [2.05, 4.69) is 50.4 Å². The maximum atomic E-state index is 3.65. The Balaban J connectivity index is 0.00000133. The molecular formula is C15H22BrClN2. The highest BCUT2D eigenvalue weighted by molar-refractivity contribution is 9.10. The first-order chi connectivity index (χ1) is 8.77. The second kappa shape index (κ2) is 6.57. The van der Waals surface area contributed by atoms with Crippen LogP contribution >= 0.6 is 28.3 Å². The number of benzene rings is 1. The molecule has 0 radical (unpaired) electrons. The van der Waals surface area contributed by atoms with E-state index in [4.69, 9.17) is 0 Å². The lowest BCUT2D eigenvalue weighted by atomic mass is 9.78. The molecule has 106 valence electrons. The topological polar surface area (TPSA) is 15.3 Å². The summed E-state index contributed by atoms with van der Waals surface area (Å²) >= 11 is 3.65. The molecule has 0 aliphatic carbocycles. The minimum absolute atomic E-state index is 0. The largest absolute Gasteiger partial charge is 0.317 e. The summed E-state index contributed by atoms with van der Waals surface area (Å²) in [5.41, 5.74) is 2.04. The Labute approximate surface area is 130 Å². The molecule has 2 aliphatic heterocycles. The SMILES string of the molecule is Brc1ccccc1CN1CCC2(CCNCC2)C1.Cl. The monoisotopic (exact) mass is 344 g/mol. The van der Waals surface area contributed by atoms with Gasteiger partial charge < -0.3 is 5.32 Å². The van der Waals surface area contributed by atoms with Crippen molar-refractivity contribution in [2.45, 2.75) is 25.8 Å². The quantitative estimate of drug-likeness (QED) is 0.883. The molecule has 2 nitrogen and oxygen atoms in total. The summed E-state index contributed by atoms with van der Waals surface area (Å²) in [6.07, 6.45) is 4.11. The van der Waals surface area contributed by atoms with E-state index in [1.165, 1.54) is 55.5 Å². The molecule has 1 aromatic carbocycles. The molecule has 0 bridgehead atoms. The van der Waals surface area contributed by atoms with Gasteiger partial charge in [0.2, 0.25) is 0 Å². The van der Waals surface area contributed by atoms with Crippen LogP contribution in [0.2, 0.25) is 0 Å². The summed E-state index contributed by atoms with van der Waals surface area (Å²) in [6, 6.07) is 8.60. The minimum atomic E-state index is 0. The molecule has 0 unspecified atom stereocenters. The smallest absolute Gasteiger partial charge is 0.0245 e. The molecule has 2 saturated heterocycles. The van der Waals surface area contributed by atoms with Crippen molar-refractivity contribution in [3.8, 4) is 0 Å². The van der Waals surface area contributed by atoms with E-state index in [1.807, 2.05) is 0 Å². The first-order valence-electron chi connectivity index (χ1n) is 6.94. The van der Waals surface area contributed by atoms with E-state index in [0.717, 1.165) is 6.54 Å². The molecule has 0 atom stereocenters. The average Bonchev–Trinajstić information content (AvgIpc) is 2.76. The first-order valence-corrected chi connectivity index (χ1v) is 7.73. The molecule has 0 amide bonds. The molecule has 1 aromatic rings. The van der Waals surface area contributed by atoms with Crippen molar-refractivity contribution in [1.29, 1.82) is 0 Å². The zero-order valence-corrected chi connectivity index (χ0v) is 13.6. The van der Waals surface area contributed by atoms with Crippen molar-refractivity contribution < 1.29 is 0 Å². The van der Waals surface area contributed by atoms with E-state index in [0.29, 0.717) is 5.41 Å². The zero-order chi connectivity index (χ0) is 12.4. The number of halogens is 2. The van der Waals surface area contributed by atoms with Crippen LogP contribution in [0.3, 0.4) is 0 Å². The highest BCUT2D eigenvalue weighted by Gasteiger charge is 2.38. The van der Waals surface area contributed by atoms with Gasteiger partial charge in [-0.3, -0.25) is 4.90 Å². The third-order valence-corrected chi connectivity index (χ3v) is 5.31. The van der Waals surface area contributed by atoms with Crippen molar-refractivity contribution in [2.75, 3.05) is 26.2 Å². The highest BCUT2D eigenvalue weighted by atomic mass is 79.9. The molecule has 1 N–H and O–H groups in total. The summed E-state index contributed by atoms with van der Waals surface area (Å²) in [7, 11) is 0. The molecule has 1 spiro atoms. The van der Waals surface area contributed by atoms with Crippen LogP contribution in [-0.2, 0) is 6.54 Å². The molecule has 0 saturated carbocycles. The van der Waals surface area contributed by atoms with Gasteiger partial charge in [0.25, 0.3) is 0 Å². The van der Waals surface area contributed by atoms with Gasteiger partial charge in [-0.2, -0.15) is 0 Å². The summed E-state index contributed by atoms with van der Waals surface area (Å²) in [4.78, 5) is 2.63. The van der Waals surface area contributed by atoms with E-state index in [9.17, 15) is 0 Å². The molecular weight excluding hydrogens is 324 g/mol. The van der Waals surface area contributed by atoms with Crippen molar-refractivity contribution in [3.05, 3.63) is 34.3 Å². The van der Waals surface area contributed by atoms with Gasteiger partial charge in [-0.05, 0) is 55.9 Å². The van der Waals surface area contributed by atoms with Crippen molar-refractivity contribution in [2.24, 2.45) is 5.41 Å². The van der Waals surface area contributed by atoms with Crippen LogP contribution < -0.4 is 5.32 Å². The minimum Gasteiger partial charge on any atom is -0.317 e. The van der Waals surface area contributed by atoms with Gasteiger partial charge in [-0.25, -0.2) is 0 Å². The second-order valence-corrected chi connectivity index (χ2v) is 6.66. The Kier molecular flexibility index (Phi) is 5.29. The Morgan fingerprint density at radius 1 is 1.16 bits per heavy atom. The lowest BCUT2D eigenvalue weighted by molar-refractivity contribution is 0.194. The van der Waals surface area contributed by atoms with Gasteiger partial charge in [0.15, 0.2) is 0 Å². The lowest BCUT2D eigenvalue weighted by Gasteiger charge is -2.34. The van der Waals surface area contributed by atoms with Gasteiger partial charge in [0.1, 0.15) is 0 Å². The van der Waals surface area contributed by atoms with E-state index >= 15 is 0 Å². The van der Waals surface area contributed by atoms with Gasteiger partial charge in [-0.1, -0.05) is 34.1 Å². The number of rotatable bonds is 2. The van der Waals surface area contributed by atoms with Crippen molar-refractivity contribution in [3.63, 3.8) is 0 Å². The maximum Gasteiger partial charge on any atom is 0.0245 e. The summed E-state index contributed by atoms with van der Waals surface area (Å²) < 4.78 is 1.25. The number of hydrogen-bond donors (Lipinski definition) is 1. The summed E-state index contributed by atoms with van der Waals surface area (Å²) in [5.74, 6) is 0. The molecule has 2 aliphatic rings. The molecule has 2 heterocycles. The van der Waals surface area contributed by atoms with Crippen molar-refractivity contribution >= 4 is 28.3 Å². The Morgan fingerprint density at radius 2 is 1.89 bits per heavy atom. The summed E-state index contributed by atoms with van der Waals surface area (Å²) in [6.45, 7) is 6.07. The van der Waals surface area contributed by atoms with Crippen LogP contribution in [0.5, 0.6) is 0 Å². The van der Waals surface area contributed by atoms with E-state index < -0.39 is 0 Å². The predicted octanol–water partition coefficient (Wildman–Crippen LogP) is 3.45. The van der Waals surface area contributed by atoms with Gasteiger partial charge in [0, 0.05) is 17.6 Å². The van der Waals surface area contributed by atoms with Crippen LogP contribution in [-0.4, -0.2) is 31.1 Å². The van der Waals surface area contributed by atoms with E-state index in [1.54, 1.807) is 0 Å². The standard InChI is InChI=1S/C15H21BrN2.ClH/c16-14-4-2-1-3-13(14)11-18-10-7-15(12-18)5-8-17-9-6-15;/h1-4,17H,5-12H2;1H. The van der Waals surface area contributed by atoms with Crippen LogP contribution in [0, 0.1) is 5.41 Å². The Hall–Kier alpha value is -0.0900. The number of hydrogen-bond acceptors (Lipinski definition) is 2. The van der Waals surface area contributed by atoms with E-state index in [-0.39, 0.29) is 12.4 Å². The molecule has 19 heavy (non-hydrogen) atoms. The fraction of sp³-hybridized carbons (Fsp3) is 0.600. The first kappa shape index (κ1) is 15.3. The van der Waals surface area contributed by atoms with Gasteiger partial charge >= 0.3 is 0 Å². The Bertz CT molecular complexity index is 418. The normalized spacial score (nSPS) is 22.4. The van der Waals surface area contributed by atoms with Gasteiger partial charge in [0.05, 0.1) is 0 Å². The van der Waals surface area contributed by atoms with Crippen LogP contribution in [0.25, 0.3) is 0 Å². The molecule has 0 aromatic heterocycles. The lowest BCUT2D eigenvalue weighted by Crippen LogP contribution is -2.38. The second-order valence-electron chi connectivity index (χ2n) is 5.80. The molecule has 2 fully saturated rings. The summed E-state index contributed by atoms with van der Waals surface area (Å²) in [5, 5.41) is 3.48. The maximum absolute atomic E-state index is 3.65. The average molecular weight is 346 g/mol. The third-order valence-electron chi connectivity index (χ3n) is 4.53. The number of likely N-dealkylation sites (tertiary alicyclic amines) is 1. The highest BCUT2D eigenvalue weighted by Crippen LogP contribution is 2.39. The predicted molar refractivity (Wildman–Crippen MR) is 85.8 cm³/mol. The molecule has 3 rings (SSSR count). The number of nitrogens with one attached hydrogen (secondary N) is 1. The number of nitrogens with zero attached hydrogens (tertiary/aromatic N) is 1. The zero-order valence-electron chi connectivity index (χ0n) is 11.2. The fourth-order valence-electron chi connectivity index (χ4n) is 3.40. The number of piperidine rings is 1. The Morgan fingerprint density at radius 3 is 2.63 bits per heavy atom. The van der Waals surface area contributed by atoms with Gasteiger partial charge in [-0.15, -0.1) is 12.4 Å². The third kappa shape index (κ3) is 3.52.